The zero-order chi connectivity index (χ0) is 35.8. The van der Waals surface area contributed by atoms with E-state index in [1.54, 1.807) is 18.0 Å². The molecule has 3 fully saturated rings. The number of nitrogens with two attached hydrogens (primary N) is 1. The first kappa shape index (κ1) is 33.4. The number of amides is 1. The second-order valence-corrected chi connectivity index (χ2v) is 15.0. The quantitative estimate of drug-likeness (QED) is 0.225. The molecule has 2 N–H and O–H groups in total. The summed E-state index contributed by atoms with van der Waals surface area (Å²) >= 11 is 7.77. The Morgan fingerprint density at radius 3 is 2.86 bits per heavy atom. The molecule has 2 unspecified atom stereocenters. The number of aromatic nitrogens is 5. The zero-order valence-corrected chi connectivity index (χ0v) is 29.2. The number of nitrogen functional groups attached to an aromatic ring is 1. The molecule has 264 valence electrons. The Morgan fingerprint density at radius 1 is 1.27 bits per heavy atom. The minimum absolute atomic E-state index is 0.0113. The lowest BCUT2D eigenvalue weighted by Gasteiger charge is -2.31. The molecule has 3 aliphatic rings. The number of hydrogen-bond donors (Lipinski definition) is 1. The number of benzene rings is 2. The molecule has 5 aromatic rings. The van der Waals surface area contributed by atoms with Gasteiger partial charge in [0.15, 0.2) is 5.82 Å². The van der Waals surface area contributed by atoms with E-state index >= 15 is 4.39 Å². The minimum atomic E-state index is -0.971. The molecule has 0 bridgehead atoms. The van der Waals surface area contributed by atoms with Crippen LogP contribution in [0.25, 0.3) is 32.1 Å². The molecule has 51 heavy (non-hydrogen) atoms. The molecular weight excluding hydrogens is 705 g/mol. The number of ether oxygens (including phenoxy) is 1. The Balaban J connectivity index is 1.25. The lowest BCUT2D eigenvalue weighted by molar-refractivity contribution is 0.107. The summed E-state index contributed by atoms with van der Waals surface area (Å²) in [6.07, 6.45) is 3.64. The average Bonchev–Trinajstić information content (AvgIpc) is 3.93. The van der Waals surface area contributed by atoms with Crippen molar-refractivity contribution in [2.75, 3.05) is 50.5 Å². The van der Waals surface area contributed by atoms with Crippen molar-refractivity contribution in [3.8, 4) is 23.2 Å². The van der Waals surface area contributed by atoms with Gasteiger partial charge in [-0.15, -0.1) is 11.3 Å². The van der Waals surface area contributed by atoms with Crippen LogP contribution >= 0.6 is 22.9 Å². The normalized spacial score (nSPS) is 23.3. The SMILES string of the molecule is CC1CN(c2nc(OC[C@@]34CCCN3C[C@H](F)C4)nc3c(F)c(-c4ccc(F)c5sc(N)c(C#N)c45)c(Cl)cc23)CC1N(C)C(=O)n1cncn1. The minimum Gasteiger partial charge on any atom is -0.461 e. The summed E-state index contributed by atoms with van der Waals surface area (Å²) in [5, 5.41) is 14.4. The van der Waals surface area contributed by atoms with Crippen LogP contribution in [0.15, 0.2) is 30.9 Å². The van der Waals surface area contributed by atoms with E-state index in [1.165, 1.54) is 24.8 Å². The Labute approximate surface area is 299 Å². The van der Waals surface area contributed by atoms with Crippen molar-refractivity contribution in [1.82, 2.24) is 34.5 Å². The predicted molar refractivity (Wildman–Crippen MR) is 187 cm³/mol. The van der Waals surface area contributed by atoms with Crippen LogP contribution in [0.5, 0.6) is 6.01 Å². The van der Waals surface area contributed by atoms with E-state index in [2.05, 4.69) is 20.0 Å². The third-order valence-corrected chi connectivity index (χ3v) is 11.9. The number of nitrogens with zero attached hydrogens (tertiary/aromatic N) is 9. The molecule has 3 aromatic heterocycles. The number of fused-ring (bicyclic) bond motifs is 3. The van der Waals surface area contributed by atoms with E-state index in [4.69, 9.17) is 27.1 Å². The molecule has 8 rings (SSSR count). The lowest BCUT2D eigenvalue weighted by Crippen LogP contribution is -2.44. The molecule has 0 aliphatic carbocycles. The Bertz CT molecular complexity index is 2250. The first-order chi connectivity index (χ1) is 24.5. The molecule has 17 heteroatoms. The van der Waals surface area contributed by atoms with Gasteiger partial charge in [-0.25, -0.2) is 22.9 Å². The molecule has 0 radical (unpaired) electrons. The standard InChI is InChI=1S/C34H32ClF3N10O2S/c1-17-11-46(13-24(17)45(2)33(49)48-16-41-15-42-48)31-20-8-22(35)26(19-4-5-23(37)29-25(19)21(10-39)30(40)51-29)27(38)28(20)43-32(44-31)50-14-34-6-3-7-47(34)12-18(36)9-34/h4-5,8,15-18,24H,3,6-7,9,11-14,40H2,1-2H3/t17?,18-,24?,34+/m1/s1. The van der Waals surface area contributed by atoms with E-state index in [9.17, 15) is 18.8 Å². The van der Waals surface area contributed by atoms with Crippen LogP contribution in [0.3, 0.4) is 0 Å². The van der Waals surface area contributed by atoms with Crippen LogP contribution in [0.1, 0.15) is 31.7 Å². The average molecular weight is 737 g/mol. The monoisotopic (exact) mass is 736 g/mol. The predicted octanol–water partition coefficient (Wildman–Crippen LogP) is 5.87. The molecule has 1 amide bonds. The molecule has 3 saturated heterocycles. The zero-order valence-electron chi connectivity index (χ0n) is 27.6. The van der Waals surface area contributed by atoms with Gasteiger partial charge >= 0.3 is 12.0 Å². The Kier molecular flexibility index (Phi) is 8.19. The summed E-state index contributed by atoms with van der Waals surface area (Å²) in [5.41, 5.74) is 5.59. The van der Waals surface area contributed by atoms with Gasteiger partial charge in [-0.3, -0.25) is 4.90 Å². The number of carbonyl (C=O) groups excluding carboxylic acids is 1. The van der Waals surface area contributed by atoms with Crippen molar-refractivity contribution in [1.29, 1.82) is 5.26 Å². The van der Waals surface area contributed by atoms with Crippen LogP contribution in [-0.2, 0) is 0 Å². The van der Waals surface area contributed by atoms with Crippen molar-refractivity contribution in [3.63, 3.8) is 0 Å². The van der Waals surface area contributed by atoms with Gasteiger partial charge in [0.05, 0.1) is 26.9 Å². The summed E-state index contributed by atoms with van der Waals surface area (Å²) in [7, 11) is 1.69. The number of carbonyl (C=O) groups is 1. The number of rotatable bonds is 6. The summed E-state index contributed by atoms with van der Waals surface area (Å²) < 4.78 is 54.1. The van der Waals surface area contributed by atoms with Gasteiger partial charge in [0, 0.05) is 49.4 Å². The summed E-state index contributed by atoms with van der Waals surface area (Å²) in [4.78, 5) is 32.0. The van der Waals surface area contributed by atoms with Crippen LogP contribution in [-0.4, -0.2) is 98.1 Å². The number of nitriles is 1. The highest BCUT2D eigenvalue weighted by Gasteiger charge is 2.49. The van der Waals surface area contributed by atoms with Gasteiger partial charge in [0.1, 0.15) is 53.7 Å². The molecule has 6 heterocycles. The van der Waals surface area contributed by atoms with Gasteiger partial charge in [-0.05, 0) is 43.0 Å². The number of anilines is 2. The topological polar surface area (TPSA) is 142 Å². The van der Waals surface area contributed by atoms with Crippen LogP contribution in [0, 0.1) is 28.9 Å². The van der Waals surface area contributed by atoms with E-state index in [0.29, 0.717) is 37.3 Å². The maximum atomic E-state index is 17.1. The van der Waals surface area contributed by atoms with Gasteiger partial charge in [-0.2, -0.15) is 25.0 Å². The smallest absolute Gasteiger partial charge is 0.346 e. The van der Waals surface area contributed by atoms with Gasteiger partial charge in [0.2, 0.25) is 0 Å². The van der Waals surface area contributed by atoms with E-state index in [0.717, 1.165) is 35.4 Å². The molecule has 0 spiro atoms. The van der Waals surface area contributed by atoms with E-state index in [-0.39, 0.29) is 72.9 Å². The van der Waals surface area contributed by atoms with Crippen molar-refractivity contribution in [3.05, 3.63) is 53.1 Å². The van der Waals surface area contributed by atoms with Crippen molar-refractivity contribution in [2.24, 2.45) is 5.92 Å². The Morgan fingerprint density at radius 2 is 2.10 bits per heavy atom. The number of alkyl halides is 1. The van der Waals surface area contributed by atoms with Crippen molar-refractivity contribution < 1.29 is 22.7 Å². The highest BCUT2D eigenvalue weighted by molar-refractivity contribution is 7.23. The van der Waals surface area contributed by atoms with E-state index in [1.807, 2.05) is 17.9 Å². The summed E-state index contributed by atoms with van der Waals surface area (Å²) in [6.45, 7) is 4.01. The lowest BCUT2D eigenvalue weighted by atomic mass is 9.95. The van der Waals surface area contributed by atoms with E-state index < -0.39 is 23.3 Å². The fraction of sp³-hybridized carbons (Fsp3) is 0.412. The summed E-state index contributed by atoms with van der Waals surface area (Å²) in [5.74, 6) is -1.11. The molecule has 3 aliphatic heterocycles. The number of halogens is 4. The second kappa shape index (κ2) is 12.5. The highest BCUT2D eigenvalue weighted by Crippen LogP contribution is 2.46. The van der Waals surface area contributed by atoms with Crippen molar-refractivity contribution in [2.45, 2.75) is 43.9 Å². The fourth-order valence-electron chi connectivity index (χ4n) is 8.11. The maximum absolute atomic E-state index is 17.1. The largest absolute Gasteiger partial charge is 0.461 e. The summed E-state index contributed by atoms with van der Waals surface area (Å²) in [6, 6.07) is 5.39. The van der Waals surface area contributed by atoms with Crippen LogP contribution in [0.4, 0.5) is 28.8 Å². The number of likely N-dealkylation sites (N-methyl/N-ethyl adjacent to an activating group) is 1. The molecule has 2 aromatic carbocycles. The van der Waals surface area contributed by atoms with Crippen LogP contribution < -0.4 is 15.4 Å². The number of hydrogen-bond acceptors (Lipinski definition) is 11. The second-order valence-electron chi connectivity index (χ2n) is 13.6. The third-order valence-electron chi connectivity index (χ3n) is 10.6. The number of thiophene rings is 1. The first-order valence-corrected chi connectivity index (χ1v) is 17.7. The molecular formula is C34H32ClF3N10O2S. The van der Waals surface area contributed by atoms with Gasteiger partial charge in [0.25, 0.3) is 0 Å². The first-order valence-electron chi connectivity index (χ1n) is 16.5. The van der Waals surface area contributed by atoms with Gasteiger partial charge in [-0.1, -0.05) is 24.6 Å². The van der Waals surface area contributed by atoms with Gasteiger partial charge < -0.3 is 20.3 Å². The van der Waals surface area contributed by atoms with Crippen LogP contribution in [0.2, 0.25) is 5.02 Å². The fourth-order valence-corrected chi connectivity index (χ4v) is 9.35. The Hall–Kier alpha value is -4.72. The molecule has 0 saturated carbocycles. The maximum Gasteiger partial charge on any atom is 0.346 e. The molecule has 12 nitrogen and oxygen atoms in total. The van der Waals surface area contributed by atoms with Crippen molar-refractivity contribution >= 4 is 60.8 Å². The third kappa shape index (κ3) is 5.40. The highest BCUT2D eigenvalue weighted by atomic mass is 35.5. The molecule has 4 atom stereocenters.